The van der Waals surface area contributed by atoms with Gasteiger partial charge in [0.1, 0.15) is 12.4 Å². The fourth-order valence-corrected chi connectivity index (χ4v) is 4.34. The molecule has 0 amide bonds. The quantitative estimate of drug-likeness (QED) is 0.368. The zero-order valence-electron chi connectivity index (χ0n) is 15.2. The summed E-state index contributed by atoms with van der Waals surface area (Å²) in [5, 5.41) is 4.22. The summed E-state index contributed by atoms with van der Waals surface area (Å²) in [6.45, 7) is 5.24. The molecule has 1 N–H and O–H groups in total. The minimum absolute atomic E-state index is 0.518. The van der Waals surface area contributed by atoms with Gasteiger partial charge in [0.05, 0.1) is 4.47 Å². The zero-order valence-corrected chi connectivity index (χ0v) is 19.1. The molecule has 0 fully saturated rings. The van der Waals surface area contributed by atoms with Gasteiger partial charge in [0.25, 0.3) is 0 Å². The van der Waals surface area contributed by atoms with Crippen LogP contribution in [0.15, 0.2) is 63.5 Å². The number of halogens is 3. The van der Waals surface area contributed by atoms with Crippen LogP contribution in [0.2, 0.25) is 5.02 Å². The first kappa shape index (κ1) is 20.2. The van der Waals surface area contributed by atoms with E-state index in [2.05, 4.69) is 74.4 Å². The van der Waals surface area contributed by atoms with Crippen LogP contribution in [-0.4, -0.2) is 0 Å². The summed E-state index contributed by atoms with van der Waals surface area (Å²) >= 11 is 13.4. The lowest BCUT2D eigenvalue weighted by Gasteiger charge is -2.16. The Morgan fingerprint density at radius 3 is 2.48 bits per heavy atom. The molecule has 3 aromatic rings. The molecule has 0 saturated heterocycles. The number of aryl methyl sites for hydroxylation is 1. The summed E-state index contributed by atoms with van der Waals surface area (Å²) in [6.07, 6.45) is 0. The topological polar surface area (TPSA) is 21.3 Å². The summed E-state index contributed by atoms with van der Waals surface area (Å²) in [4.78, 5) is 0. The van der Waals surface area contributed by atoms with Crippen molar-refractivity contribution < 1.29 is 4.74 Å². The number of ether oxygens (including phenoxy) is 1. The number of anilines is 1. The number of benzene rings is 3. The normalized spacial score (nSPS) is 10.7. The van der Waals surface area contributed by atoms with Crippen molar-refractivity contribution in [2.75, 3.05) is 5.32 Å². The highest BCUT2D eigenvalue weighted by Gasteiger charge is 2.12. The van der Waals surface area contributed by atoms with Crippen LogP contribution in [0.4, 0.5) is 5.69 Å². The van der Waals surface area contributed by atoms with E-state index in [1.54, 1.807) is 0 Å². The van der Waals surface area contributed by atoms with Crippen molar-refractivity contribution in [3.63, 3.8) is 0 Å². The van der Waals surface area contributed by atoms with E-state index in [1.807, 2.05) is 31.2 Å². The number of nitrogens with one attached hydrogen (secondary N) is 1. The Labute approximate surface area is 182 Å². The van der Waals surface area contributed by atoms with E-state index >= 15 is 0 Å². The number of rotatable bonds is 6. The summed E-state index contributed by atoms with van der Waals surface area (Å²) in [5.74, 6) is 0.839. The van der Waals surface area contributed by atoms with Gasteiger partial charge in [-0.1, -0.05) is 63.4 Å². The molecule has 0 bridgehead atoms. The van der Waals surface area contributed by atoms with Crippen LogP contribution in [0, 0.1) is 13.8 Å². The summed E-state index contributed by atoms with van der Waals surface area (Å²) in [6, 6.07) is 18.3. The third kappa shape index (κ3) is 5.28. The standard InChI is InChI=1S/C22H20Br2ClNO/c1-14-6-8-16(9-7-14)13-27-22-17(10-18(23)11-19(22)24)12-26-21-5-3-4-20(25)15(21)2/h3-11,26H,12-13H2,1-2H3. The van der Waals surface area contributed by atoms with E-state index in [9.17, 15) is 0 Å². The van der Waals surface area contributed by atoms with Crippen molar-refractivity contribution in [3.05, 3.63) is 90.8 Å². The Morgan fingerprint density at radius 2 is 1.74 bits per heavy atom. The fourth-order valence-electron chi connectivity index (χ4n) is 2.74. The van der Waals surface area contributed by atoms with E-state index in [0.717, 1.165) is 42.1 Å². The van der Waals surface area contributed by atoms with Crippen molar-refractivity contribution in [1.29, 1.82) is 0 Å². The first-order chi connectivity index (χ1) is 12.9. The van der Waals surface area contributed by atoms with Crippen molar-refractivity contribution in [1.82, 2.24) is 0 Å². The Bertz CT molecular complexity index is 942. The monoisotopic (exact) mass is 507 g/mol. The zero-order chi connectivity index (χ0) is 19.4. The molecule has 0 aromatic heterocycles. The maximum atomic E-state index is 6.23. The van der Waals surface area contributed by atoms with Gasteiger partial charge in [0.2, 0.25) is 0 Å². The van der Waals surface area contributed by atoms with E-state index in [0.29, 0.717) is 13.2 Å². The van der Waals surface area contributed by atoms with Gasteiger partial charge in [-0.25, -0.2) is 0 Å². The van der Waals surface area contributed by atoms with E-state index in [1.165, 1.54) is 5.56 Å². The van der Waals surface area contributed by atoms with Crippen LogP contribution in [0.3, 0.4) is 0 Å². The third-order valence-corrected chi connectivity index (χ3v) is 5.78. The van der Waals surface area contributed by atoms with Crippen LogP contribution in [-0.2, 0) is 13.2 Å². The van der Waals surface area contributed by atoms with Gasteiger partial charge in [-0.2, -0.15) is 0 Å². The average molecular weight is 510 g/mol. The van der Waals surface area contributed by atoms with Gasteiger partial charge in [-0.05, 0) is 65.2 Å². The van der Waals surface area contributed by atoms with Gasteiger partial charge < -0.3 is 10.1 Å². The predicted octanol–water partition coefficient (Wildman–Crippen LogP) is 7.67. The molecule has 0 unspecified atom stereocenters. The smallest absolute Gasteiger partial charge is 0.139 e. The lowest BCUT2D eigenvalue weighted by molar-refractivity contribution is 0.301. The molecule has 0 heterocycles. The van der Waals surface area contributed by atoms with Gasteiger partial charge >= 0.3 is 0 Å². The first-order valence-corrected chi connectivity index (χ1v) is 10.6. The Morgan fingerprint density at radius 1 is 1.00 bits per heavy atom. The molecule has 3 aromatic carbocycles. The molecule has 140 valence electrons. The van der Waals surface area contributed by atoms with Crippen LogP contribution >= 0.6 is 43.5 Å². The molecular weight excluding hydrogens is 490 g/mol. The van der Waals surface area contributed by atoms with Gasteiger partial charge in [-0.15, -0.1) is 0 Å². The largest absolute Gasteiger partial charge is 0.487 e. The highest BCUT2D eigenvalue weighted by molar-refractivity contribution is 9.11. The van der Waals surface area contributed by atoms with Crippen molar-refractivity contribution in [3.8, 4) is 5.75 Å². The SMILES string of the molecule is Cc1ccc(COc2c(Br)cc(Br)cc2CNc2cccc(Cl)c2C)cc1. The average Bonchev–Trinajstić information content (AvgIpc) is 2.63. The maximum absolute atomic E-state index is 6.23. The highest BCUT2D eigenvalue weighted by atomic mass is 79.9. The second-order valence-electron chi connectivity index (χ2n) is 6.42. The van der Waals surface area contributed by atoms with E-state index in [-0.39, 0.29) is 0 Å². The summed E-state index contributed by atoms with van der Waals surface area (Å²) in [5.41, 5.74) is 5.49. The van der Waals surface area contributed by atoms with Gasteiger partial charge in [0.15, 0.2) is 0 Å². The van der Waals surface area contributed by atoms with Crippen LogP contribution < -0.4 is 10.1 Å². The van der Waals surface area contributed by atoms with E-state index < -0.39 is 0 Å². The molecule has 27 heavy (non-hydrogen) atoms. The van der Waals surface area contributed by atoms with E-state index in [4.69, 9.17) is 16.3 Å². The summed E-state index contributed by atoms with van der Waals surface area (Å²) in [7, 11) is 0. The molecule has 0 aliphatic rings. The van der Waals surface area contributed by atoms with Crippen LogP contribution in [0.1, 0.15) is 22.3 Å². The molecule has 5 heteroatoms. The minimum Gasteiger partial charge on any atom is -0.487 e. The second-order valence-corrected chi connectivity index (χ2v) is 8.59. The lowest BCUT2D eigenvalue weighted by atomic mass is 10.1. The van der Waals surface area contributed by atoms with Gasteiger partial charge in [0, 0.05) is 27.3 Å². The fraction of sp³-hybridized carbons (Fsp3) is 0.182. The molecule has 0 aliphatic carbocycles. The van der Waals surface area contributed by atoms with Crippen LogP contribution in [0.25, 0.3) is 0 Å². The van der Waals surface area contributed by atoms with Crippen molar-refractivity contribution in [2.24, 2.45) is 0 Å². The first-order valence-electron chi connectivity index (χ1n) is 8.59. The Balaban J connectivity index is 1.79. The number of hydrogen-bond acceptors (Lipinski definition) is 2. The van der Waals surface area contributed by atoms with Crippen molar-refractivity contribution >= 4 is 49.1 Å². The molecule has 0 saturated carbocycles. The predicted molar refractivity (Wildman–Crippen MR) is 121 cm³/mol. The van der Waals surface area contributed by atoms with Crippen LogP contribution in [0.5, 0.6) is 5.75 Å². The van der Waals surface area contributed by atoms with Gasteiger partial charge in [-0.3, -0.25) is 0 Å². The molecule has 2 nitrogen and oxygen atoms in total. The maximum Gasteiger partial charge on any atom is 0.139 e. The molecule has 0 aliphatic heterocycles. The number of hydrogen-bond donors (Lipinski definition) is 1. The van der Waals surface area contributed by atoms with Crippen molar-refractivity contribution in [2.45, 2.75) is 27.0 Å². The molecule has 0 atom stereocenters. The Hall–Kier alpha value is -1.49. The second kappa shape index (κ2) is 9.13. The molecule has 0 radical (unpaired) electrons. The Kier molecular flexibility index (Phi) is 6.85. The molecule has 0 spiro atoms. The molecule has 3 rings (SSSR count). The third-order valence-electron chi connectivity index (χ3n) is 4.33. The lowest BCUT2D eigenvalue weighted by Crippen LogP contribution is -2.05. The summed E-state index contributed by atoms with van der Waals surface area (Å²) < 4.78 is 8.07. The minimum atomic E-state index is 0.518. The molecular formula is C22H20Br2ClNO. The highest BCUT2D eigenvalue weighted by Crippen LogP contribution is 2.34.